The Kier molecular flexibility index (Phi) is 2.79. The van der Waals surface area contributed by atoms with Crippen LogP contribution >= 0.6 is 11.8 Å². The summed E-state index contributed by atoms with van der Waals surface area (Å²) in [5.41, 5.74) is 3.18. The second-order valence-electron chi connectivity index (χ2n) is 4.13. The Morgan fingerprint density at radius 2 is 2.17 bits per heavy atom. The van der Waals surface area contributed by atoms with Crippen molar-refractivity contribution < 1.29 is 4.79 Å². The summed E-state index contributed by atoms with van der Waals surface area (Å²) in [6, 6.07) is 3.95. The molecule has 0 aliphatic carbocycles. The number of H-pyrrole nitrogens is 1. The molecular formula is C12H12N4OS. The smallest absolute Gasteiger partial charge is 0.235 e. The van der Waals surface area contributed by atoms with Gasteiger partial charge in [0.05, 0.1) is 11.0 Å². The Morgan fingerprint density at radius 1 is 1.39 bits per heavy atom. The molecule has 0 radical (unpaired) electrons. The zero-order chi connectivity index (χ0) is 12.5. The maximum Gasteiger partial charge on any atom is 0.235 e. The molecule has 1 amide bonds. The van der Waals surface area contributed by atoms with E-state index in [4.69, 9.17) is 0 Å². The number of thioether (sulfide) groups is 1. The van der Waals surface area contributed by atoms with E-state index >= 15 is 0 Å². The lowest BCUT2D eigenvalue weighted by Crippen LogP contribution is -2.12. The van der Waals surface area contributed by atoms with Crippen molar-refractivity contribution in [2.75, 3.05) is 11.1 Å². The summed E-state index contributed by atoms with van der Waals surface area (Å²) in [6.45, 7) is 1.97. The average molecular weight is 260 g/mol. The van der Waals surface area contributed by atoms with E-state index in [1.165, 1.54) is 0 Å². The number of hydrogen-bond donors (Lipinski definition) is 2. The van der Waals surface area contributed by atoms with Crippen LogP contribution in [-0.4, -0.2) is 26.8 Å². The van der Waals surface area contributed by atoms with Crippen molar-refractivity contribution in [1.82, 2.24) is 15.2 Å². The van der Waals surface area contributed by atoms with E-state index < -0.39 is 0 Å². The van der Waals surface area contributed by atoms with E-state index in [1.807, 2.05) is 19.1 Å². The molecule has 6 heteroatoms. The predicted octanol–water partition coefficient (Wildman–Crippen LogP) is 1.89. The number of pyridine rings is 1. The highest BCUT2D eigenvalue weighted by atomic mass is 32.2. The number of nitrogens with one attached hydrogen (secondary N) is 2. The van der Waals surface area contributed by atoms with Gasteiger partial charge < -0.3 is 5.32 Å². The zero-order valence-electron chi connectivity index (χ0n) is 9.80. The Hall–Kier alpha value is -1.82. The molecule has 0 aromatic carbocycles. The van der Waals surface area contributed by atoms with Crippen LogP contribution in [0.25, 0.3) is 0 Å². The van der Waals surface area contributed by atoms with Crippen molar-refractivity contribution in [2.24, 2.45) is 0 Å². The lowest BCUT2D eigenvalue weighted by molar-refractivity contribution is -0.113. The fourth-order valence-corrected chi connectivity index (χ4v) is 3.26. The molecule has 2 aromatic heterocycles. The molecule has 1 aliphatic heterocycles. The van der Waals surface area contributed by atoms with Gasteiger partial charge >= 0.3 is 0 Å². The molecule has 0 saturated heterocycles. The van der Waals surface area contributed by atoms with Crippen LogP contribution in [0.4, 0.5) is 5.82 Å². The highest BCUT2D eigenvalue weighted by Crippen LogP contribution is 2.41. The maximum atomic E-state index is 11.6. The van der Waals surface area contributed by atoms with Gasteiger partial charge in [0, 0.05) is 23.7 Å². The van der Waals surface area contributed by atoms with Crippen molar-refractivity contribution in [2.45, 2.75) is 12.2 Å². The van der Waals surface area contributed by atoms with Gasteiger partial charge in [-0.05, 0) is 24.6 Å². The molecule has 3 rings (SSSR count). The molecule has 92 valence electrons. The number of hydrogen-bond acceptors (Lipinski definition) is 4. The first kappa shape index (κ1) is 11.3. The fraction of sp³-hybridized carbons (Fsp3) is 0.250. The molecule has 1 atom stereocenters. The van der Waals surface area contributed by atoms with E-state index in [2.05, 4.69) is 20.5 Å². The second-order valence-corrected chi connectivity index (χ2v) is 5.22. The Labute approximate surface area is 108 Å². The van der Waals surface area contributed by atoms with Crippen LogP contribution in [0, 0.1) is 6.92 Å². The highest BCUT2D eigenvalue weighted by molar-refractivity contribution is 8.00. The van der Waals surface area contributed by atoms with E-state index in [-0.39, 0.29) is 11.2 Å². The molecular weight excluding hydrogens is 248 g/mol. The minimum Gasteiger partial charge on any atom is -0.308 e. The van der Waals surface area contributed by atoms with E-state index in [1.54, 1.807) is 24.2 Å². The van der Waals surface area contributed by atoms with Crippen LogP contribution in [-0.2, 0) is 4.79 Å². The topological polar surface area (TPSA) is 70.7 Å². The first-order chi connectivity index (χ1) is 8.75. The molecule has 2 aromatic rings. The molecule has 18 heavy (non-hydrogen) atoms. The van der Waals surface area contributed by atoms with Crippen molar-refractivity contribution in [3.05, 3.63) is 41.3 Å². The third kappa shape index (κ3) is 1.88. The van der Waals surface area contributed by atoms with Crippen LogP contribution < -0.4 is 5.32 Å². The summed E-state index contributed by atoms with van der Waals surface area (Å²) < 4.78 is 0. The summed E-state index contributed by atoms with van der Waals surface area (Å²) in [4.78, 5) is 15.7. The average Bonchev–Trinajstić information content (AvgIpc) is 2.65. The van der Waals surface area contributed by atoms with Gasteiger partial charge in [0.15, 0.2) is 5.82 Å². The molecule has 5 nitrogen and oxygen atoms in total. The van der Waals surface area contributed by atoms with Crippen molar-refractivity contribution in [3.8, 4) is 0 Å². The molecule has 0 saturated carbocycles. The second kappa shape index (κ2) is 4.45. The fourth-order valence-electron chi connectivity index (χ4n) is 2.07. The number of amides is 1. The molecule has 0 fully saturated rings. The summed E-state index contributed by atoms with van der Waals surface area (Å²) in [7, 11) is 0. The van der Waals surface area contributed by atoms with Crippen LogP contribution in [0.1, 0.15) is 22.1 Å². The first-order valence-electron chi connectivity index (χ1n) is 5.62. The van der Waals surface area contributed by atoms with Gasteiger partial charge in [-0.1, -0.05) is 0 Å². The summed E-state index contributed by atoms with van der Waals surface area (Å²) in [5, 5.41) is 10.0. The standard InChI is InChI=1S/C12H12N4OS/c1-7-10-11(8-2-4-13-5-3-8)18-6-9(17)14-12(10)16-15-7/h2-5,11H,6H2,1H3,(H2,14,15,16,17)/t11-/m1/s1. The zero-order valence-corrected chi connectivity index (χ0v) is 10.6. The largest absolute Gasteiger partial charge is 0.308 e. The van der Waals surface area contributed by atoms with E-state index in [0.29, 0.717) is 11.6 Å². The number of aromatic amines is 1. The molecule has 2 N–H and O–H groups in total. The van der Waals surface area contributed by atoms with Gasteiger partial charge in [0.1, 0.15) is 0 Å². The maximum absolute atomic E-state index is 11.6. The highest BCUT2D eigenvalue weighted by Gasteiger charge is 2.27. The van der Waals surface area contributed by atoms with E-state index in [0.717, 1.165) is 16.8 Å². The Bertz CT molecular complexity index is 581. The molecule has 0 spiro atoms. The molecule has 3 heterocycles. The minimum absolute atomic E-state index is 0.00990. The Balaban J connectivity index is 2.10. The van der Waals surface area contributed by atoms with Gasteiger partial charge in [0.25, 0.3) is 0 Å². The number of aromatic nitrogens is 3. The van der Waals surface area contributed by atoms with Crippen molar-refractivity contribution in [3.63, 3.8) is 0 Å². The number of anilines is 1. The van der Waals surface area contributed by atoms with Crippen LogP contribution in [0.15, 0.2) is 24.5 Å². The quantitative estimate of drug-likeness (QED) is 0.821. The molecule has 1 aliphatic rings. The Morgan fingerprint density at radius 3 is 2.94 bits per heavy atom. The van der Waals surface area contributed by atoms with Crippen molar-refractivity contribution in [1.29, 1.82) is 0 Å². The van der Waals surface area contributed by atoms with Gasteiger partial charge in [-0.15, -0.1) is 11.8 Å². The monoisotopic (exact) mass is 260 g/mol. The third-order valence-electron chi connectivity index (χ3n) is 2.90. The minimum atomic E-state index is -0.00990. The van der Waals surface area contributed by atoms with Crippen molar-refractivity contribution >= 4 is 23.5 Å². The number of nitrogens with zero attached hydrogens (tertiary/aromatic N) is 2. The number of carbonyl (C=O) groups is 1. The lowest BCUT2D eigenvalue weighted by Gasteiger charge is -2.14. The summed E-state index contributed by atoms with van der Waals surface area (Å²) in [6.07, 6.45) is 3.54. The first-order valence-corrected chi connectivity index (χ1v) is 6.67. The number of aryl methyl sites for hydroxylation is 1. The van der Waals surface area contributed by atoms with Crippen LogP contribution in [0.3, 0.4) is 0 Å². The van der Waals surface area contributed by atoms with Crippen LogP contribution in [0.2, 0.25) is 0 Å². The van der Waals surface area contributed by atoms with Gasteiger partial charge in [-0.3, -0.25) is 14.9 Å². The van der Waals surface area contributed by atoms with E-state index in [9.17, 15) is 4.79 Å². The van der Waals surface area contributed by atoms with Gasteiger partial charge in [-0.2, -0.15) is 5.10 Å². The normalized spacial score (nSPS) is 18.9. The number of carbonyl (C=O) groups excluding carboxylic acids is 1. The molecule has 0 unspecified atom stereocenters. The number of rotatable bonds is 1. The number of fused-ring (bicyclic) bond motifs is 1. The predicted molar refractivity (Wildman–Crippen MR) is 70.5 cm³/mol. The third-order valence-corrected chi connectivity index (χ3v) is 4.17. The lowest BCUT2D eigenvalue weighted by atomic mass is 10.1. The van der Waals surface area contributed by atoms with Crippen LogP contribution in [0.5, 0.6) is 0 Å². The summed E-state index contributed by atoms with van der Waals surface area (Å²) in [5.74, 6) is 1.07. The SMILES string of the molecule is Cc1[nH]nc2c1[C@@H](c1ccncc1)SCC(=O)N2. The van der Waals surface area contributed by atoms with Gasteiger partial charge in [0.2, 0.25) is 5.91 Å². The van der Waals surface area contributed by atoms with Gasteiger partial charge in [-0.25, -0.2) is 0 Å². The molecule has 0 bridgehead atoms. The summed E-state index contributed by atoms with van der Waals surface area (Å²) >= 11 is 1.61.